The molecule has 2 bridgehead atoms. The Bertz CT molecular complexity index is 649. The van der Waals surface area contributed by atoms with E-state index in [4.69, 9.17) is 4.42 Å². The first kappa shape index (κ1) is 14.8. The minimum absolute atomic E-state index is 0.121. The van der Waals surface area contributed by atoms with Gasteiger partial charge in [-0.05, 0) is 30.4 Å². The maximum atomic E-state index is 12.7. The molecule has 22 heavy (non-hydrogen) atoms. The number of amides is 2. The molecule has 1 aromatic heterocycles. The van der Waals surface area contributed by atoms with Gasteiger partial charge in [0.05, 0.1) is 11.7 Å². The van der Waals surface area contributed by atoms with Crippen LogP contribution in [0.25, 0.3) is 0 Å². The summed E-state index contributed by atoms with van der Waals surface area (Å²) >= 11 is 0. The van der Waals surface area contributed by atoms with Gasteiger partial charge in [-0.1, -0.05) is 20.8 Å². The molecule has 2 atom stereocenters. The molecule has 0 spiro atoms. The van der Waals surface area contributed by atoms with Crippen LogP contribution in [0.3, 0.4) is 0 Å². The molecular formula is C16H20N2O4. The quantitative estimate of drug-likeness (QED) is 0.816. The Morgan fingerprint density at radius 2 is 1.91 bits per heavy atom. The Kier molecular flexibility index (Phi) is 2.99. The summed E-state index contributed by atoms with van der Waals surface area (Å²) in [6.07, 6.45) is 2.98. The Morgan fingerprint density at radius 3 is 2.41 bits per heavy atom. The van der Waals surface area contributed by atoms with E-state index >= 15 is 0 Å². The van der Waals surface area contributed by atoms with Gasteiger partial charge in [0.1, 0.15) is 5.78 Å². The number of rotatable bonds is 2. The van der Waals surface area contributed by atoms with Gasteiger partial charge in [-0.3, -0.25) is 25.2 Å². The zero-order valence-corrected chi connectivity index (χ0v) is 13.0. The van der Waals surface area contributed by atoms with E-state index in [1.54, 1.807) is 6.07 Å². The molecule has 2 N–H and O–H groups in total. The normalized spacial score (nSPS) is 32.0. The Balaban J connectivity index is 1.76. The summed E-state index contributed by atoms with van der Waals surface area (Å²) in [4.78, 5) is 36.8. The number of fused-ring (bicyclic) bond motifs is 2. The maximum absolute atomic E-state index is 12.7. The van der Waals surface area contributed by atoms with Crippen LogP contribution in [0.1, 0.15) is 50.6 Å². The molecular weight excluding hydrogens is 284 g/mol. The molecule has 1 heterocycles. The Morgan fingerprint density at radius 1 is 1.18 bits per heavy atom. The number of hydrazine groups is 1. The zero-order chi connectivity index (χ0) is 16.2. The monoisotopic (exact) mass is 304 g/mol. The fourth-order valence-corrected chi connectivity index (χ4v) is 4.06. The summed E-state index contributed by atoms with van der Waals surface area (Å²) in [7, 11) is 0. The van der Waals surface area contributed by atoms with E-state index < -0.39 is 22.2 Å². The minimum atomic E-state index is -0.755. The number of nitrogens with one attached hydrogen (secondary N) is 2. The van der Waals surface area contributed by atoms with Crippen LogP contribution in [0.2, 0.25) is 0 Å². The maximum Gasteiger partial charge on any atom is 0.305 e. The average molecular weight is 304 g/mol. The van der Waals surface area contributed by atoms with Crippen molar-refractivity contribution in [3.8, 4) is 0 Å². The van der Waals surface area contributed by atoms with Gasteiger partial charge in [-0.2, -0.15) is 0 Å². The van der Waals surface area contributed by atoms with Crippen molar-refractivity contribution in [3.63, 3.8) is 0 Å². The van der Waals surface area contributed by atoms with Crippen molar-refractivity contribution in [1.82, 2.24) is 10.9 Å². The number of carbonyl (C=O) groups is 3. The lowest BCUT2D eigenvalue weighted by Crippen LogP contribution is -2.52. The van der Waals surface area contributed by atoms with Gasteiger partial charge in [0.15, 0.2) is 5.76 Å². The lowest BCUT2D eigenvalue weighted by molar-refractivity contribution is -0.137. The lowest BCUT2D eigenvalue weighted by atomic mass is 9.64. The highest BCUT2D eigenvalue weighted by molar-refractivity contribution is 6.00. The molecule has 2 saturated carbocycles. The van der Waals surface area contributed by atoms with Gasteiger partial charge in [0.25, 0.3) is 0 Å². The third-order valence-corrected chi connectivity index (χ3v) is 6.17. The van der Waals surface area contributed by atoms with Gasteiger partial charge in [-0.25, -0.2) is 0 Å². The van der Waals surface area contributed by atoms with Crippen molar-refractivity contribution in [1.29, 1.82) is 0 Å². The van der Waals surface area contributed by atoms with Crippen LogP contribution in [0.4, 0.5) is 0 Å². The van der Waals surface area contributed by atoms with E-state index in [1.165, 1.54) is 12.3 Å². The molecule has 0 radical (unpaired) electrons. The zero-order valence-electron chi connectivity index (χ0n) is 13.0. The number of hydrogen-bond acceptors (Lipinski definition) is 4. The molecule has 6 heteroatoms. The Hall–Kier alpha value is -2.11. The summed E-state index contributed by atoms with van der Waals surface area (Å²) in [6, 6.07) is 3.10. The highest BCUT2D eigenvalue weighted by Crippen LogP contribution is 2.70. The van der Waals surface area contributed by atoms with Gasteiger partial charge in [-0.15, -0.1) is 0 Å². The standard InChI is InChI=1S/C16H20N2O4/c1-14(2)15(3)6-7-16(14,9-11(15)19)13(21)18-17-12(20)10-5-4-8-22-10/h4-5,8H,6-7,9H2,1-3H3,(H,17,20)(H,18,21). The van der Waals surface area contributed by atoms with Crippen molar-refractivity contribution in [2.75, 3.05) is 0 Å². The highest BCUT2D eigenvalue weighted by atomic mass is 16.3. The third-order valence-electron chi connectivity index (χ3n) is 6.17. The van der Waals surface area contributed by atoms with E-state index in [9.17, 15) is 14.4 Å². The molecule has 2 fully saturated rings. The molecule has 1 aromatic rings. The van der Waals surface area contributed by atoms with Crippen LogP contribution in [-0.2, 0) is 9.59 Å². The average Bonchev–Trinajstić information content (AvgIpc) is 3.10. The molecule has 2 amide bonds. The summed E-state index contributed by atoms with van der Waals surface area (Å²) < 4.78 is 4.97. The van der Waals surface area contributed by atoms with Crippen LogP contribution in [0.15, 0.2) is 22.8 Å². The van der Waals surface area contributed by atoms with Gasteiger partial charge < -0.3 is 4.42 Å². The second-order valence-electron chi connectivity index (χ2n) is 7.02. The molecule has 2 aliphatic rings. The molecule has 6 nitrogen and oxygen atoms in total. The number of hydrogen-bond donors (Lipinski definition) is 2. The van der Waals surface area contributed by atoms with E-state index in [0.29, 0.717) is 12.8 Å². The number of ketones is 1. The summed E-state index contributed by atoms with van der Waals surface area (Å²) in [5, 5.41) is 0. The molecule has 118 valence electrons. The molecule has 0 aliphatic heterocycles. The van der Waals surface area contributed by atoms with Gasteiger partial charge in [0, 0.05) is 11.8 Å². The summed E-state index contributed by atoms with van der Waals surface area (Å²) in [6.45, 7) is 5.89. The lowest BCUT2D eigenvalue weighted by Gasteiger charge is -2.38. The molecule has 0 saturated heterocycles. The second kappa shape index (κ2) is 4.44. The van der Waals surface area contributed by atoms with E-state index in [-0.39, 0.29) is 23.9 Å². The number of furan rings is 1. The predicted octanol–water partition coefficient (Wildman–Crippen LogP) is 1.83. The minimum Gasteiger partial charge on any atom is -0.459 e. The highest BCUT2D eigenvalue weighted by Gasteiger charge is 2.72. The fraction of sp³-hybridized carbons (Fsp3) is 0.562. The largest absolute Gasteiger partial charge is 0.459 e. The van der Waals surface area contributed by atoms with Crippen LogP contribution >= 0.6 is 0 Å². The van der Waals surface area contributed by atoms with E-state index in [1.807, 2.05) is 20.8 Å². The van der Waals surface area contributed by atoms with Crippen molar-refractivity contribution < 1.29 is 18.8 Å². The van der Waals surface area contributed by atoms with Gasteiger partial charge >= 0.3 is 5.91 Å². The van der Waals surface area contributed by atoms with Crippen LogP contribution in [0, 0.1) is 16.2 Å². The number of Topliss-reactive ketones (excluding diaryl/α,β-unsaturated/α-hetero) is 1. The molecule has 2 aliphatic carbocycles. The third kappa shape index (κ3) is 1.63. The SMILES string of the molecule is CC12CCC(C(=O)NNC(=O)c3ccco3)(CC1=O)C2(C)C. The number of carbonyl (C=O) groups excluding carboxylic acids is 3. The first-order valence-corrected chi connectivity index (χ1v) is 7.42. The van der Waals surface area contributed by atoms with Crippen LogP contribution in [-0.4, -0.2) is 17.6 Å². The molecule has 0 aromatic carbocycles. The Labute approximate surface area is 128 Å². The van der Waals surface area contributed by atoms with E-state index in [2.05, 4.69) is 10.9 Å². The smallest absolute Gasteiger partial charge is 0.305 e. The first-order valence-electron chi connectivity index (χ1n) is 7.42. The van der Waals surface area contributed by atoms with Crippen molar-refractivity contribution in [3.05, 3.63) is 24.2 Å². The predicted molar refractivity (Wildman–Crippen MR) is 77.5 cm³/mol. The van der Waals surface area contributed by atoms with Crippen molar-refractivity contribution in [2.24, 2.45) is 16.2 Å². The van der Waals surface area contributed by atoms with Crippen molar-refractivity contribution >= 4 is 17.6 Å². The first-order chi connectivity index (χ1) is 10.2. The summed E-state index contributed by atoms with van der Waals surface area (Å²) in [5.74, 6) is -0.559. The molecule has 2 unspecified atom stereocenters. The fourth-order valence-electron chi connectivity index (χ4n) is 4.06. The van der Waals surface area contributed by atoms with Crippen LogP contribution < -0.4 is 10.9 Å². The van der Waals surface area contributed by atoms with Crippen LogP contribution in [0.5, 0.6) is 0 Å². The topological polar surface area (TPSA) is 88.4 Å². The second-order valence-corrected chi connectivity index (χ2v) is 7.02. The summed E-state index contributed by atoms with van der Waals surface area (Å²) in [5.41, 5.74) is 3.18. The van der Waals surface area contributed by atoms with Crippen molar-refractivity contribution in [2.45, 2.75) is 40.0 Å². The molecule has 3 rings (SSSR count). The van der Waals surface area contributed by atoms with E-state index in [0.717, 1.165) is 0 Å². The van der Waals surface area contributed by atoms with Gasteiger partial charge in [0.2, 0.25) is 5.91 Å².